The summed E-state index contributed by atoms with van der Waals surface area (Å²) in [4.78, 5) is 28.2. The van der Waals surface area contributed by atoms with Crippen LogP contribution in [0.3, 0.4) is 0 Å². The van der Waals surface area contributed by atoms with Gasteiger partial charge in [-0.15, -0.1) is 0 Å². The van der Waals surface area contributed by atoms with Gasteiger partial charge in [-0.1, -0.05) is 6.07 Å². The highest BCUT2D eigenvalue weighted by Gasteiger charge is 2.22. The number of rotatable bonds is 4. The summed E-state index contributed by atoms with van der Waals surface area (Å²) >= 11 is 0. The number of primary amides is 1. The van der Waals surface area contributed by atoms with Gasteiger partial charge in [-0.05, 0) is 26.0 Å². The van der Waals surface area contributed by atoms with Crippen molar-refractivity contribution in [3.8, 4) is 6.07 Å². The summed E-state index contributed by atoms with van der Waals surface area (Å²) in [6.45, 7) is 3.75. The monoisotopic (exact) mass is 275 g/mol. The Morgan fingerprint density at radius 1 is 1.50 bits per heavy atom. The van der Waals surface area contributed by atoms with Crippen LogP contribution in [0, 0.1) is 16.7 Å². The Balaban J connectivity index is 2.74. The molecule has 20 heavy (non-hydrogen) atoms. The lowest BCUT2D eigenvalue weighted by atomic mass is 9.95. The molecule has 0 unspecified atom stereocenters. The van der Waals surface area contributed by atoms with Crippen molar-refractivity contribution in [1.29, 1.82) is 5.26 Å². The van der Waals surface area contributed by atoms with E-state index in [1.165, 1.54) is 11.0 Å². The zero-order chi connectivity index (χ0) is 15.3. The van der Waals surface area contributed by atoms with Gasteiger partial charge < -0.3 is 10.6 Å². The van der Waals surface area contributed by atoms with Crippen molar-refractivity contribution in [3.63, 3.8) is 0 Å². The predicted octanol–water partition coefficient (Wildman–Crippen LogP) is 1.19. The number of pyridine rings is 1. The number of amides is 3. The molecule has 0 spiro atoms. The third-order valence-corrected chi connectivity index (χ3v) is 2.52. The number of nitrogens with one attached hydrogen (secondary N) is 1. The summed E-state index contributed by atoms with van der Waals surface area (Å²) in [6, 6.07) is 6.28. The first-order valence-corrected chi connectivity index (χ1v) is 5.95. The fourth-order valence-electron chi connectivity index (χ4n) is 1.55. The van der Waals surface area contributed by atoms with Gasteiger partial charge in [0.25, 0.3) is 5.91 Å². The molecule has 0 aliphatic heterocycles. The van der Waals surface area contributed by atoms with Crippen molar-refractivity contribution in [2.24, 2.45) is 11.1 Å². The summed E-state index contributed by atoms with van der Waals surface area (Å²) in [7, 11) is 1.58. The first-order valence-electron chi connectivity index (χ1n) is 5.95. The average molecular weight is 275 g/mol. The molecule has 0 atom stereocenters. The van der Waals surface area contributed by atoms with Crippen LogP contribution in [-0.4, -0.2) is 35.4 Å². The highest BCUT2D eigenvalue weighted by atomic mass is 16.2. The second kappa shape index (κ2) is 6.02. The minimum atomic E-state index is -0.667. The SMILES string of the molecule is CN(CC(C)(C)C#N)C(=O)Nc1cccc(C(N)=O)n1. The maximum atomic E-state index is 11.9. The van der Waals surface area contributed by atoms with Gasteiger partial charge in [-0.2, -0.15) is 5.26 Å². The van der Waals surface area contributed by atoms with Crippen LogP contribution in [0.15, 0.2) is 18.2 Å². The molecule has 7 heteroatoms. The fraction of sp³-hybridized carbons (Fsp3) is 0.385. The van der Waals surface area contributed by atoms with E-state index in [2.05, 4.69) is 16.4 Å². The fourth-order valence-corrected chi connectivity index (χ4v) is 1.55. The van der Waals surface area contributed by atoms with Gasteiger partial charge in [0.2, 0.25) is 0 Å². The molecule has 1 heterocycles. The van der Waals surface area contributed by atoms with Crippen LogP contribution in [0.5, 0.6) is 0 Å². The maximum absolute atomic E-state index is 11.9. The number of anilines is 1. The molecule has 1 rings (SSSR count). The van der Waals surface area contributed by atoms with Crippen molar-refractivity contribution in [3.05, 3.63) is 23.9 Å². The van der Waals surface area contributed by atoms with Gasteiger partial charge in [-0.3, -0.25) is 10.1 Å². The lowest BCUT2D eigenvalue weighted by Gasteiger charge is -2.24. The Morgan fingerprint density at radius 3 is 2.70 bits per heavy atom. The molecule has 7 nitrogen and oxygen atoms in total. The van der Waals surface area contributed by atoms with Gasteiger partial charge >= 0.3 is 6.03 Å². The smallest absolute Gasteiger partial charge is 0.322 e. The molecular weight excluding hydrogens is 258 g/mol. The van der Waals surface area contributed by atoms with Crippen LogP contribution in [0.4, 0.5) is 10.6 Å². The highest BCUT2D eigenvalue weighted by molar-refractivity contribution is 5.92. The summed E-state index contributed by atoms with van der Waals surface area (Å²) in [6.07, 6.45) is 0. The highest BCUT2D eigenvalue weighted by Crippen LogP contribution is 2.15. The van der Waals surface area contributed by atoms with E-state index in [1.807, 2.05) is 0 Å². The summed E-state index contributed by atoms with van der Waals surface area (Å²) in [5.74, 6) is -0.437. The van der Waals surface area contributed by atoms with E-state index in [1.54, 1.807) is 33.0 Å². The molecule has 0 aromatic carbocycles. The molecule has 1 aromatic rings. The molecule has 3 amide bonds. The third-order valence-electron chi connectivity index (χ3n) is 2.52. The minimum Gasteiger partial charge on any atom is -0.364 e. The molecule has 0 fully saturated rings. The van der Waals surface area contributed by atoms with Crippen LogP contribution in [0.1, 0.15) is 24.3 Å². The van der Waals surface area contributed by atoms with E-state index >= 15 is 0 Å². The van der Waals surface area contributed by atoms with E-state index in [-0.39, 0.29) is 18.1 Å². The van der Waals surface area contributed by atoms with Crippen molar-refractivity contribution < 1.29 is 9.59 Å². The number of nitriles is 1. The average Bonchev–Trinajstić information content (AvgIpc) is 2.38. The molecule has 1 aromatic heterocycles. The Morgan fingerprint density at radius 2 is 2.15 bits per heavy atom. The van der Waals surface area contributed by atoms with E-state index < -0.39 is 17.4 Å². The van der Waals surface area contributed by atoms with Crippen molar-refractivity contribution in [2.75, 3.05) is 18.9 Å². The molecule has 106 valence electrons. The zero-order valence-corrected chi connectivity index (χ0v) is 11.7. The van der Waals surface area contributed by atoms with E-state index in [9.17, 15) is 9.59 Å². The second-order valence-corrected chi connectivity index (χ2v) is 5.05. The molecule has 0 bridgehead atoms. The molecule has 0 saturated carbocycles. The Bertz CT molecular complexity index is 562. The number of urea groups is 1. The van der Waals surface area contributed by atoms with Crippen LogP contribution >= 0.6 is 0 Å². The largest absolute Gasteiger partial charge is 0.364 e. The molecular formula is C13H17N5O2. The lowest BCUT2D eigenvalue weighted by molar-refractivity contribution is 0.0995. The Kier molecular flexibility index (Phi) is 4.64. The van der Waals surface area contributed by atoms with Crippen LogP contribution in [-0.2, 0) is 0 Å². The first kappa shape index (κ1) is 15.4. The van der Waals surface area contributed by atoms with Crippen molar-refractivity contribution >= 4 is 17.8 Å². The molecule has 0 saturated heterocycles. The standard InChI is InChI=1S/C13H17N5O2/c1-13(2,7-14)8-18(3)12(20)17-10-6-4-5-9(16-10)11(15)19/h4-6H,8H2,1-3H3,(H2,15,19)(H,16,17,20). The van der Waals surface area contributed by atoms with Gasteiger partial charge in [0.15, 0.2) is 0 Å². The lowest BCUT2D eigenvalue weighted by Crippen LogP contribution is -2.38. The third kappa shape index (κ3) is 4.24. The van der Waals surface area contributed by atoms with E-state index in [0.29, 0.717) is 0 Å². The molecule has 0 radical (unpaired) electrons. The second-order valence-electron chi connectivity index (χ2n) is 5.05. The minimum absolute atomic E-state index is 0.0720. The van der Waals surface area contributed by atoms with Crippen molar-refractivity contribution in [2.45, 2.75) is 13.8 Å². The van der Waals surface area contributed by atoms with Crippen LogP contribution < -0.4 is 11.1 Å². The van der Waals surface area contributed by atoms with Gasteiger partial charge in [0.05, 0.1) is 11.5 Å². The topological polar surface area (TPSA) is 112 Å². The number of nitrogens with zero attached hydrogens (tertiary/aromatic N) is 3. The van der Waals surface area contributed by atoms with Crippen molar-refractivity contribution in [1.82, 2.24) is 9.88 Å². The molecule has 0 aliphatic carbocycles. The number of carbonyl (C=O) groups is 2. The van der Waals surface area contributed by atoms with Gasteiger partial charge in [-0.25, -0.2) is 9.78 Å². The molecule has 0 aliphatic rings. The Labute approximate surface area is 117 Å². The summed E-state index contributed by atoms with van der Waals surface area (Å²) < 4.78 is 0. The normalized spacial score (nSPS) is 10.5. The van der Waals surface area contributed by atoms with Gasteiger partial charge in [0, 0.05) is 13.6 Å². The quantitative estimate of drug-likeness (QED) is 0.859. The number of aromatic nitrogens is 1. The van der Waals surface area contributed by atoms with Crippen LogP contribution in [0.25, 0.3) is 0 Å². The predicted molar refractivity (Wildman–Crippen MR) is 73.8 cm³/mol. The van der Waals surface area contributed by atoms with E-state index in [4.69, 9.17) is 11.0 Å². The van der Waals surface area contributed by atoms with Gasteiger partial charge in [0.1, 0.15) is 11.5 Å². The Hall–Kier alpha value is -2.62. The first-order chi connectivity index (χ1) is 9.25. The van der Waals surface area contributed by atoms with Crippen LogP contribution in [0.2, 0.25) is 0 Å². The zero-order valence-electron chi connectivity index (χ0n) is 11.7. The number of nitrogens with two attached hydrogens (primary N) is 1. The summed E-state index contributed by atoms with van der Waals surface area (Å²) in [5, 5.41) is 11.5. The summed E-state index contributed by atoms with van der Waals surface area (Å²) in [5.41, 5.74) is 4.54. The number of hydrogen-bond donors (Lipinski definition) is 2. The molecule has 3 N–H and O–H groups in total. The number of carbonyl (C=O) groups excluding carboxylic acids is 2. The maximum Gasteiger partial charge on any atom is 0.322 e. The number of hydrogen-bond acceptors (Lipinski definition) is 4. The van der Waals surface area contributed by atoms with E-state index in [0.717, 1.165) is 0 Å².